The number of aromatic amines is 1. The van der Waals surface area contributed by atoms with E-state index in [-0.39, 0.29) is 54.1 Å². The van der Waals surface area contributed by atoms with E-state index in [2.05, 4.69) is 52.3 Å². The van der Waals surface area contributed by atoms with Gasteiger partial charge in [0.2, 0.25) is 0 Å². The van der Waals surface area contributed by atoms with Gasteiger partial charge in [-0.05, 0) is 155 Å². The highest BCUT2D eigenvalue weighted by molar-refractivity contribution is 14.1. The van der Waals surface area contributed by atoms with Gasteiger partial charge in [-0.3, -0.25) is 23.3 Å². The Labute approximate surface area is 613 Å². The second-order valence-corrected chi connectivity index (χ2v) is 23.3. The van der Waals surface area contributed by atoms with Crippen LogP contribution < -0.4 is 56.9 Å². The Morgan fingerprint density at radius 3 is 1.01 bits per heavy atom. The summed E-state index contributed by atoms with van der Waals surface area (Å²) >= 11 is 34.4. The third-order valence-electron chi connectivity index (χ3n) is 14.0. The summed E-state index contributed by atoms with van der Waals surface area (Å²) in [6.07, 6.45) is 0. The predicted octanol–water partition coefficient (Wildman–Crippen LogP) is 14.9. The van der Waals surface area contributed by atoms with Crippen LogP contribution in [0.25, 0.3) is 54.5 Å². The zero-order valence-electron chi connectivity index (χ0n) is 51.5. The summed E-state index contributed by atoms with van der Waals surface area (Å²) in [6.45, 7) is 0.670. The monoisotopic (exact) mass is 1650 g/mol. The van der Waals surface area contributed by atoms with E-state index in [1.54, 1.807) is 97.1 Å². The number of rotatable bonds is 7. The van der Waals surface area contributed by atoms with Gasteiger partial charge in [0.25, 0.3) is 0 Å². The summed E-state index contributed by atoms with van der Waals surface area (Å²) in [5.41, 5.74) is 2.28. The molecular formula is C71H51BrCl5F3IN5O15. The van der Waals surface area contributed by atoms with Crippen LogP contribution in [0.5, 0.6) is 0 Å². The van der Waals surface area contributed by atoms with E-state index >= 15 is 0 Å². The molecule has 0 bridgehead atoms. The molecule has 5 heterocycles. The highest BCUT2D eigenvalue weighted by Gasteiger charge is 2.15. The molecule has 5 aromatic heterocycles. The summed E-state index contributed by atoms with van der Waals surface area (Å²) in [6, 6.07) is 50.7. The Bertz CT molecular complexity index is 5770. The van der Waals surface area contributed by atoms with Crippen molar-refractivity contribution in [1.82, 2.24) is 23.3 Å². The van der Waals surface area contributed by atoms with Crippen molar-refractivity contribution >= 4 is 151 Å². The number of H-pyrrole nitrogens is 1. The maximum atomic E-state index is 12.9. The van der Waals surface area contributed by atoms with Gasteiger partial charge in [0.1, 0.15) is 17.5 Å². The Morgan fingerprint density at radius 2 is 0.653 bits per heavy atom. The van der Waals surface area contributed by atoms with Crippen LogP contribution in [-0.2, 0) is 32.0 Å². The Hall–Kier alpha value is -9.87. The Kier molecular flexibility index (Phi) is 28.3. The quantitative estimate of drug-likeness (QED) is 0.115. The van der Waals surface area contributed by atoms with E-state index in [1.165, 1.54) is 92.0 Å². The van der Waals surface area contributed by atoms with Crippen molar-refractivity contribution in [1.29, 1.82) is 0 Å². The van der Waals surface area contributed by atoms with Crippen molar-refractivity contribution in [3.05, 3.63) is 364 Å². The fourth-order valence-electron chi connectivity index (χ4n) is 9.25. The third kappa shape index (κ3) is 20.9. The maximum absolute atomic E-state index is 12.9. The summed E-state index contributed by atoms with van der Waals surface area (Å²) in [7, 11) is 1.53. The minimum absolute atomic E-state index is 0. The average Bonchev–Trinajstić information content (AvgIpc) is 0.809. The molecular weight excluding hydrogens is 1600 g/mol. The van der Waals surface area contributed by atoms with Gasteiger partial charge >= 0.3 is 56.9 Å². The number of halogens is 10. The van der Waals surface area contributed by atoms with Gasteiger partial charge in [-0.1, -0.05) is 171 Å². The number of hydrogen-bond donors (Lipinski definition) is 1. The zero-order chi connectivity index (χ0) is 72.5. The molecule has 0 unspecified atom stereocenters. The first-order valence-corrected chi connectivity index (χ1v) is 33.8. The lowest BCUT2D eigenvalue weighted by Gasteiger charge is -2.08. The molecule has 520 valence electrons. The van der Waals surface area contributed by atoms with Crippen LogP contribution >= 0.6 is 96.5 Å². The molecule has 0 spiro atoms. The molecule has 14 aromatic rings. The van der Waals surface area contributed by atoms with Crippen molar-refractivity contribution in [3.8, 4) is 0 Å². The van der Waals surface area contributed by atoms with E-state index in [0.717, 1.165) is 16.5 Å². The second-order valence-electron chi connectivity index (χ2n) is 20.6. The lowest BCUT2D eigenvalue weighted by Crippen LogP contribution is -2.25. The molecule has 30 heteroatoms. The van der Waals surface area contributed by atoms with E-state index in [0.29, 0.717) is 81.1 Å². The topological polar surface area (TPSA) is 272 Å². The van der Waals surface area contributed by atoms with E-state index in [9.17, 15) is 61.1 Å². The van der Waals surface area contributed by atoms with Crippen LogP contribution in [0.3, 0.4) is 0 Å². The van der Waals surface area contributed by atoms with Crippen LogP contribution in [0.1, 0.15) is 29.7 Å². The minimum Gasteiger partial charge on any atom is -0.372 e. The lowest BCUT2D eigenvalue weighted by molar-refractivity contribution is 0.424. The van der Waals surface area contributed by atoms with Gasteiger partial charge in [-0.25, -0.2) is 61.1 Å². The number of hydrogen-bond acceptors (Lipinski definition) is 15. The zero-order valence-corrected chi connectivity index (χ0v) is 59.0. The van der Waals surface area contributed by atoms with Gasteiger partial charge < -0.3 is 22.1 Å². The van der Waals surface area contributed by atoms with Gasteiger partial charge in [0, 0.05) is 37.5 Å². The van der Waals surface area contributed by atoms with E-state index < -0.39 is 56.9 Å². The van der Waals surface area contributed by atoms with Crippen molar-refractivity contribution in [2.24, 2.45) is 7.05 Å². The first kappa shape index (κ1) is 78.5. The fraction of sp³-hybridized carbons (Fsp3) is 0.0986. The number of nitrogens with zero attached hydrogens (tertiary/aromatic N) is 4. The number of fused-ring (bicyclic) bond motifs is 5. The maximum Gasteiger partial charge on any atom is 0.422 e. The van der Waals surface area contributed by atoms with Gasteiger partial charge in [0.05, 0.1) is 74.1 Å². The Balaban J connectivity index is 0.000000172. The highest BCUT2D eigenvalue weighted by Crippen LogP contribution is 2.21. The number of benzene rings is 9. The molecule has 101 heavy (non-hydrogen) atoms. The molecule has 0 saturated carbocycles. The molecule has 0 saturated heterocycles. The standard InChI is InChI=1S/2C15H9ClFNO3.C15H10ClNO3.C9H6ClNO3.C8H4ClNO3.C7H6BrF.CH3I.CH4/c2*16-10-3-6-13-12(7-10)14(19)21-15(20)18(13)8-9-1-4-11(17)5-2-9;16-11-6-7-13-12(8-11)14(18)20-15(19)17(13)9-10-4-2-1-3-5-10;1-11-7-3-2-5(10)4-6(7)8(12)14-9(11)13;9-4-1-2-6-5(3-4)7(11)13-8(12)10-6;8-5-6-1-3-7(9)4-2-6;1-2;/h2*1-7H,8H2;1-8H,9H2;2-4H,1H3;1-3H,(H,10,12);1-4H,5H2;1H3;1H4. The molecule has 14 rings (SSSR count). The molecule has 0 aliphatic rings. The van der Waals surface area contributed by atoms with Crippen molar-refractivity contribution in [3.63, 3.8) is 0 Å². The van der Waals surface area contributed by atoms with Crippen LogP contribution in [0.15, 0.2) is 264 Å². The molecule has 0 atom stereocenters. The van der Waals surface area contributed by atoms with Crippen LogP contribution in [0, 0.1) is 17.5 Å². The van der Waals surface area contributed by atoms with E-state index in [4.69, 9.17) is 71.3 Å². The molecule has 0 amide bonds. The van der Waals surface area contributed by atoms with Crippen LogP contribution in [0.2, 0.25) is 25.1 Å². The van der Waals surface area contributed by atoms with Gasteiger partial charge in [-0.15, -0.1) is 0 Å². The largest absolute Gasteiger partial charge is 0.422 e. The van der Waals surface area contributed by atoms with Crippen molar-refractivity contribution < 1.29 is 35.3 Å². The van der Waals surface area contributed by atoms with Gasteiger partial charge in [-0.2, -0.15) is 0 Å². The highest BCUT2D eigenvalue weighted by atomic mass is 127. The van der Waals surface area contributed by atoms with Crippen LogP contribution in [-0.4, -0.2) is 28.2 Å². The smallest absolute Gasteiger partial charge is 0.372 e. The third-order valence-corrected chi connectivity index (χ3v) is 15.8. The van der Waals surface area contributed by atoms with Crippen molar-refractivity contribution in [2.75, 3.05) is 4.93 Å². The van der Waals surface area contributed by atoms with E-state index in [1.807, 2.05) is 35.3 Å². The normalized spacial score (nSPS) is 10.5. The lowest BCUT2D eigenvalue weighted by atomic mass is 10.2. The predicted molar refractivity (Wildman–Crippen MR) is 398 cm³/mol. The number of alkyl halides is 2. The summed E-state index contributed by atoms with van der Waals surface area (Å²) < 4.78 is 66.2. The SMILES string of the molecule is C.CI.Cn1c(=O)oc(=O)c2cc(Cl)ccc21.Fc1ccc(CBr)cc1.O=c1[nH]c2ccc(Cl)cc2c(=O)o1.O=c1oc(=O)n(Cc2ccc(F)cc2)c2ccc(Cl)cc12.O=c1oc(=O)n(Cc2ccc(F)cc2)c2ccc(Cl)cc12.O=c1oc(=O)n(Cc2ccccc2)c2ccc(Cl)cc12. The molecule has 9 aromatic carbocycles. The minimum atomic E-state index is -0.765. The summed E-state index contributed by atoms with van der Waals surface area (Å²) in [4.78, 5) is 119. The molecule has 20 nitrogen and oxygen atoms in total. The molecule has 0 aliphatic heterocycles. The molecule has 0 fully saturated rings. The molecule has 0 aliphatic carbocycles. The number of aromatic nitrogens is 5. The molecule has 1 N–H and O–H groups in total. The van der Waals surface area contributed by atoms with Crippen molar-refractivity contribution in [2.45, 2.75) is 32.4 Å². The number of aryl methyl sites for hydroxylation is 1. The Morgan fingerprint density at radius 1 is 0.366 bits per heavy atom. The second kappa shape index (κ2) is 36.5. The fourth-order valence-corrected chi connectivity index (χ4v) is 10.5. The molecule has 0 radical (unpaired) electrons. The first-order chi connectivity index (χ1) is 47.8. The average molecular weight is 1660 g/mol. The van der Waals surface area contributed by atoms with Gasteiger partial charge in [0.15, 0.2) is 0 Å². The number of nitrogens with one attached hydrogen (secondary N) is 1. The first-order valence-electron chi connectivity index (χ1n) is 28.7. The summed E-state index contributed by atoms with van der Waals surface area (Å²) in [5.74, 6) is -4.54. The van der Waals surface area contributed by atoms with Crippen LogP contribution in [0.4, 0.5) is 13.2 Å². The summed E-state index contributed by atoms with van der Waals surface area (Å²) in [5, 5.41) is 4.15.